The van der Waals surface area contributed by atoms with Gasteiger partial charge in [0.1, 0.15) is 6.33 Å². The van der Waals surface area contributed by atoms with Gasteiger partial charge in [-0.05, 0) is 22.6 Å². The first-order valence-electron chi connectivity index (χ1n) is 4.65. The van der Waals surface area contributed by atoms with Crippen LogP contribution in [-0.4, -0.2) is 30.4 Å². The summed E-state index contributed by atoms with van der Waals surface area (Å²) in [6.07, 6.45) is 1.49. The van der Waals surface area contributed by atoms with Crippen LogP contribution >= 0.6 is 0 Å². The molecule has 0 atom stereocenters. The zero-order valence-corrected chi connectivity index (χ0v) is 8.92. The van der Waals surface area contributed by atoms with Crippen molar-refractivity contribution in [1.29, 1.82) is 0 Å². The number of hydrogen-bond donors (Lipinski definition) is 0. The fourth-order valence-electron chi connectivity index (χ4n) is 1.11. The second-order valence-electron chi connectivity index (χ2n) is 4.28. The third-order valence-electron chi connectivity index (χ3n) is 2.00. The standard InChI is InChI=1S/C9H12N6/c1-9(2,3)7-4-5-8(12-11-7)15-6-10-13-14-15/h4-6H,1-3H3. The molecule has 0 fully saturated rings. The highest BCUT2D eigenvalue weighted by Gasteiger charge is 2.15. The lowest BCUT2D eigenvalue weighted by molar-refractivity contribution is 0.556. The van der Waals surface area contributed by atoms with Gasteiger partial charge < -0.3 is 0 Å². The molecule has 0 N–H and O–H groups in total. The monoisotopic (exact) mass is 204 g/mol. The molecular formula is C9H12N6. The predicted octanol–water partition coefficient (Wildman–Crippen LogP) is 0.750. The fourth-order valence-corrected chi connectivity index (χ4v) is 1.11. The summed E-state index contributed by atoms with van der Waals surface area (Å²) in [4.78, 5) is 0. The minimum absolute atomic E-state index is 0.00610. The number of rotatable bonds is 1. The number of tetrazole rings is 1. The maximum absolute atomic E-state index is 4.14. The zero-order chi connectivity index (χ0) is 10.9. The third-order valence-corrected chi connectivity index (χ3v) is 2.00. The molecule has 78 valence electrons. The van der Waals surface area contributed by atoms with Crippen molar-refractivity contribution in [1.82, 2.24) is 30.4 Å². The van der Waals surface area contributed by atoms with E-state index in [1.54, 1.807) is 0 Å². The Labute approximate surface area is 87.3 Å². The topological polar surface area (TPSA) is 69.4 Å². The summed E-state index contributed by atoms with van der Waals surface area (Å²) in [7, 11) is 0. The highest BCUT2D eigenvalue weighted by Crippen LogP contribution is 2.18. The van der Waals surface area contributed by atoms with Gasteiger partial charge in [-0.3, -0.25) is 0 Å². The SMILES string of the molecule is CC(C)(C)c1ccc(-n2cnnn2)nn1. The first-order chi connectivity index (χ1) is 7.07. The molecule has 2 aromatic rings. The lowest BCUT2D eigenvalue weighted by atomic mass is 9.92. The molecule has 0 saturated carbocycles. The maximum atomic E-state index is 4.14. The van der Waals surface area contributed by atoms with Crippen molar-refractivity contribution in [2.45, 2.75) is 26.2 Å². The van der Waals surface area contributed by atoms with Crippen LogP contribution in [0, 0.1) is 0 Å². The van der Waals surface area contributed by atoms with Crippen molar-refractivity contribution in [2.75, 3.05) is 0 Å². The van der Waals surface area contributed by atoms with E-state index >= 15 is 0 Å². The van der Waals surface area contributed by atoms with E-state index in [0.717, 1.165) is 5.69 Å². The summed E-state index contributed by atoms with van der Waals surface area (Å²) in [5, 5.41) is 19.0. The molecule has 0 unspecified atom stereocenters. The molecule has 2 rings (SSSR count). The van der Waals surface area contributed by atoms with E-state index in [0.29, 0.717) is 5.82 Å². The van der Waals surface area contributed by atoms with Gasteiger partial charge in [-0.15, -0.1) is 10.2 Å². The molecule has 0 aromatic carbocycles. The molecular weight excluding hydrogens is 192 g/mol. The smallest absolute Gasteiger partial charge is 0.179 e. The zero-order valence-electron chi connectivity index (χ0n) is 8.92. The van der Waals surface area contributed by atoms with E-state index in [1.807, 2.05) is 12.1 Å². The summed E-state index contributed by atoms with van der Waals surface area (Å²) in [5.74, 6) is 0.619. The van der Waals surface area contributed by atoms with E-state index in [-0.39, 0.29) is 5.41 Å². The van der Waals surface area contributed by atoms with Gasteiger partial charge in [0.05, 0.1) is 5.69 Å². The highest BCUT2D eigenvalue weighted by molar-refractivity contribution is 5.21. The average molecular weight is 204 g/mol. The van der Waals surface area contributed by atoms with Gasteiger partial charge in [-0.2, -0.15) is 9.78 Å². The fraction of sp³-hybridized carbons (Fsp3) is 0.444. The van der Waals surface area contributed by atoms with Crippen molar-refractivity contribution in [3.8, 4) is 5.82 Å². The molecule has 0 aliphatic rings. The minimum Gasteiger partial charge on any atom is -0.180 e. The second-order valence-corrected chi connectivity index (χ2v) is 4.28. The van der Waals surface area contributed by atoms with Crippen LogP contribution in [0.15, 0.2) is 18.5 Å². The number of nitrogens with zero attached hydrogens (tertiary/aromatic N) is 6. The average Bonchev–Trinajstić information content (AvgIpc) is 2.69. The normalized spacial score (nSPS) is 11.7. The maximum Gasteiger partial charge on any atom is 0.179 e. The Balaban J connectivity index is 2.33. The summed E-state index contributed by atoms with van der Waals surface area (Å²) in [6.45, 7) is 6.27. The first kappa shape index (κ1) is 9.70. The van der Waals surface area contributed by atoms with E-state index in [1.165, 1.54) is 11.0 Å². The first-order valence-corrected chi connectivity index (χ1v) is 4.65. The Kier molecular flexibility index (Phi) is 2.18. The van der Waals surface area contributed by atoms with E-state index in [2.05, 4.69) is 46.5 Å². The minimum atomic E-state index is 0.00610. The molecule has 15 heavy (non-hydrogen) atoms. The Morgan fingerprint density at radius 2 is 1.93 bits per heavy atom. The van der Waals surface area contributed by atoms with Crippen molar-refractivity contribution >= 4 is 0 Å². The Morgan fingerprint density at radius 1 is 1.13 bits per heavy atom. The molecule has 0 amide bonds. The van der Waals surface area contributed by atoms with Gasteiger partial charge >= 0.3 is 0 Å². The molecule has 2 aromatic heterocycles. The third kappa shape index (κ3) is 1.98. The largest absolute Gasteiger partial charge is 0.180 e. The van der Waals surface area contributed by atoms with Crippen LogP contribution in [0.2, 0.25) is 0 Å². The van der Waals surface area contributed by atoms with Gasteiger partial charge in [-0.1, -0.05) is 20.8 Å². The molecule has 0 bridgehead atoms. The quantitative estimate of drug-likeness (QED) is 0.685. The lowest BCUT2D eigenvalue weighted by Crippen LogP contribution is -2.15. The summed E-state index contributed by atoms with van der Waals surface area (Å²) >= 11 is 0. The van der Waals surface area contributed by atoms with Crippen molar-refractivity contribution in [3.05, 3.63) is 24.2 Å². The second kappa shape index (κ2) is 3.38. The Hall–Kier alpha value is -1.85. The van der Waals surface area contributed by atoms with Crippen molar-refractivity contribution in [2.24, 2.45) is 0 Å². The van der Waals surface area contributed by atoms with Crippen LogP contribution in [0.25, 0.3) is 5.82 Å². The summed E-state index contributed by atoms with van der Waals surface area (Å²) in [6, 6.07) is 3.79. The van der Waals surface area contributed by atoms with Crippen LogP contribution in [-0.2, 0) is 5.41 Å². The number of hydrogen-bond acceptors (Lipinski definition) is 5. The van der Waals surface area contributed by atoms with Crippen LogP contribution in [0.1, 0.15) is 26.5 Å². The molecule has 6 nitrogen and oxygen atoms in total. The predicted molar refractivity (Wildman–Crippen MR) is 53.4 cm³/mol. The Morgan fingerprint density at radius 3 is 2.40 bits per heavy atom. The van der Waals surface area contributed by atoms with Crippen LogP contribution < -0.4 is 0 Å². The van der Waals surface area contributed by atoms with Crippen LogP contribution in [0.4, 0.5) is 0 Å². The molecule has 0 saturated heterocycles. The number of aromatic nitrogens is 6. The highest BCUT2D eigenvalue weighted by atomic mass is 15.5. The molecule has 0 spiro atoms. The Bertz CT molecular complexity index is 425. The van der Waals surface area contributed by atoms with Gasteiger partial charge in [0.15, 0.2) is 5.82 Å². The molecule has 0 aliphatic heterocycles. The molecule has 6 heteroatoms. The van der Waals surface area contributed by atoms with Gasteiger partial charge in [0.2, 0.25) is 0 Å². The molecule has 0 radical (unpaired) electrons. The summed E-state index contributed by atoms with van der Waals surface area (Å²) < 4.78 is 1.47. The van der Waals surface area contributed by atoms with Crippen LogP contribution in [0.5, 0.6) is 0 Å². The van der Waals surface area contributed by atoms with E-state index < -0.39 is 0 Å². The van der Waals surface area contributed by atoms with Gasteiger partial charge in [0, 0.05) is 5.41 Å². The summed E-state index contributed by atoms with van der Waals surface area (Å²) in [5.41, 5.74) is 0.950. The van der Waals surface area contributed by atoms with E-state index in [4.69, 9.17) is 0 Å². The van der Waals surface area contributed by atoms with E-state index in [9.17, 15) is 0 Å². The lowest BCUT2D eigenvalue weighted by Gasteiger charge is -2.16. The van der Waals surface area contributed by atoms with Gasteiger partial charge in [0.25, 0.3) is 0 Å². The molecule has 0 aliphatic carbocycles. The molecule has 2 heterocycles. The van der Waals surface area contributed by atoms with Crippen molar-refractivity contribution < 1.29 is 0 Å². The van der Waals surface area contributed by atoms with Crippen molar-refractivity contribution in [3.63, 3.8) is 0 Å². The van der Waals surface area contributed by atoms with Crippen LogP contribution in [0.3, 0.4) is 0 Å². The van der Waals surface area contributed by atoms with Gasteiger partial charge in [-0.25, -0.2) is 0 Å².